The first-order chi connectivity index (χ1) is 3.30. The van der Waals surface area contributed by atoms with Crippen LogP contribution in [0.4, 0.5) is 0 Å². The molecule has 1 aromatic heterocycles. The Bertz CT molecular complexity index is 209. The van der Waals surface area contributed by atoms with E-state index in [0.717, 1.165) is 0 Å². The van der Waals surface area contributed by atoms with E-state index in [9.17, 15) is 0 Å². The van der Waals surface area contributed by atoms with Crippen LogP contribution in [0.25, 0.3) is 0 Å². The minimum atomic E-state index is 0. The fourth-order valence-electron chi connectivity index (χ4n) is 0.242. The number of aromatic amines is 1. The third-order valence-corrected chi connectivity index (χ3v) is 0.973. The summed E-state index contributed by atoms with van der Waals surface area (Å²) in [5.41, 5.74) is 0. The molecule has 55 valence electrons. The molecule has 0 aliphatic rings. The SMILES string of the molecule is Cn1[nH]nnc1=S.O.O.[Na]. The van der Waals surface area contributed by atoms with Crippen LogP contribution in [-0.4, -0.2) is 60.7 Å². The van der Waals surface area contributed by atoms with E-state index >= 15 is 0 Å². The summed E-state index contributed by atoms with van der Waals surface area (Å²) in [5.74, 6) is 0. The molecular weight excluding hydrogens is 167 g/mol. The van der Waals surface area contributed by atoms with Crippen molar-refractivity contribution in [3.63, 3.8) is 0 Å². The van der Waals surface area contributed by atoms with Gasteiger partial charge in [-0.25, -0.2) is 4.68 Å². The van der Waals surface area contributed by atoms with Gasteiger partial charge in [0.25, 0.3) is 0 Å². The molecule has 10 heavy (non-hydrogen) atoms. The number of nitrogens with zero attached hydrogens (tertiary/aromatic N) is 3. The smallest absolute Gasteiger partial charge is 0.237 e. The number of hydrogen-bond acceptors (Lipinski definition) is 3. The monoisotopic (exact) mass is 175 g/mol. The van der Waals surface area contributed by atoms with Crippen LogP contribution >= 0.6 is 12.2 Å². The van der Waals surface area contributed by atoms with Gasteiger partial charge >= 0.3 is 0 Å². The molecule has 5 N–H and O–H groups in total. The van der Waals surface area contributed by atoms with E-state index in [4.69, 9.17) is 0 Å². The number of aromatic nitrogens is 4. The molecule has 0 aliphatic carbocycles. The molecule has 0 aromatic carbocycles. The molecule has 1 radical (unpaired) electrons. The van der Waals surface area contributed by atoms with Crippen LogP contribution in [0, 0.1) is 4.77 Å². The van der Waals surface area contributed by atoms with Gasteiger partial charge in [0.05, 0.1) is 0 Å². The Morgan fingerprint density at radius 2 is 2.00 bits per heavy atom. The molecule has 0 bridgehead atoms. The topological polar surface area (TPSA) is 110 Å². The van der Waals surface area contributed by atoms with E-state index in [2.05, 4.69) is 27.7 Å². The van der Waals surface area contributed by atoms with Crippen LogP contribution in [0.15, 0.2) is 0 Å². The minimum absolute atomic E-state index is 0. The Morgan fingerprint density at radius 1 is 1.50 bits per heavy atom. The second-order valence-electron chi connectivity index (χ2n) is 1.14. The Morgan fingerprint density at radius 3 is 2.10 bits per heavy atom. The second-order valence-corrected chi connectivity index (χ2v) is 1.51. The predicted octanol–water partition coefficient (Wildman–Crippen LogP) is -2.16. The fraction of sp³-hybridized carbons (Fsp3) is 0.500. The van der Waals surface area contributed by atoms with Gasteiger partial charge in [0.2, 0.25) is 4.77 Å². The standard InChI is InChI=1S/C2H4N4S.Na.2H2O/c1-6-2(7)3-4-5-6;;;/h1H3,(H,3,5,7);;2*1H2. The molecule has 0 saturated carbocycles. The quantitative estimate of drug-likeness (QED) is 0.358. The van der Waals surface area contributed by atoms with E-state index in [1.54, 1.807) is 11.7 Å². The van der Waals surface area contributed by atoms with Crippen molar-refractivity contribution in [1.29, 1.82) is 0 Å². The third kappa shape index (κ3) is 4.09. The van der Waals surface area contributed by atoms with Gasteiger partial charge in [0.15, 0.2) is 0 Å². The van der Waals surface area contributed by atoms with E-state index in [1.165, 1.54) is 0 Å². The summed E-state index contributed by atoms with van der Waals surface area (Å²) in [5, 5.41) is 9.41. The molecule has 0 aliphatic heterocycles. The van der Waals surface area contributed by atoms with E-state index < -0.39 is 0 Å². The molecular formula is C2H8N4NaO2S. The zero-order chi connectivity index (χ0) is 5.28. The van der Waals surface area contributed by atoms with Crippen molar-refractivity contribution in [2.45, 2.75) is 0 Å². The van der Waals surface area contributed by atoms with Crippen LogP contribution in [-0.2, 0) is 7.05 Å². The summed E-state index contributed by atoms with van der Waals surface area (Å²) in [7, 11) is 1.75. The van der Waals surface area contributed by atoms with Crippen LogP contribution in [0.3, 0.4) is 0 Å². The molecule has 0 saturated heterocycles. The summed E-state index contributed by atoms with van der Waals surface area (Å²) < 4.78 is 2.02. The van der Waals surface area contributed by atoms with Crippen LogP contribution in [0.5, 0.6) is 0 Å². The first-order valence-corrected chi connectivity index (χ1v) is 2.15. The zero-order valence-corrected chi connectivity index (χ0v) is 8.57. The van der Waals surface area contributed by atoms with Crippen molar-refractivity contribution >= 4 is 41.8 Å². The third-order valence-electron chi connectivity index (χ3n) is 0.617. The molecule has 1 rings (SSSR count). The van der Waals surface area contributed by atoms with Crippen LogP contribution in [0.2, 0.25) is 0 Å². The summed E-state index contributed by atoms with van der Waals surface area (Å²) in [6.07, 6.45) is 0. The maximum atomic E-state index is 4.64. The molecule has 0 spiro atoms. The minimum Gasteiger partial charge on any atom is -0.412 e. The van der Waals surface area contributed by atoms with Gasteiger partial charge in [0.1, 0.15) is 0 Å². The molecule has 8 heteroatoms. The van der Waals surface area contributed by atoms with Gasteiger partial charge < -0.3 is 11.0 Å². The molecule has 0 atom stereocenters. The van der Waals surface area contributed by atoms with E-state index in [0.29, 0.717) is 4.77 Å². The molecule has 0 unspecified atom stereocenters. The Kier molecular flexibility index (Phi) is 12.2. The van der Waals surface area contributed by atoms with Crippen molar-refractivity contribution in [3.8, 4) is 0 Å². The number of rotatable bonds is 0. The Balaban J connectivity index is -0.000000163. The van der Waals surface area contributed by atoms with Gasteiger partial charge in [0, 0.05) is 36.6 Å². The molecule has 1 heterocycles. The predicted molar refractivity (Wildman–Crippen MR) is 39.2 cm³/mol. The average molecular weight is 175 g/mol. The van der Waals surface area contributed by atoms with Crippen molar-refractivity contribution in [2.75, 3.05) is 0 Å². The second kappa shape index (κ2) is 7.32. The number of H-pyrrole nitrogens is 1. The van der Waals surface area contributed by atoms with Gasteiger partial charge in [-0.3, -0.25) is 0 Å². The number of tetrazole rings is 1. The zero-order valence-electron chi connectivity index (χ0n) is 5.75. The van der Waals surface area contributed by atoms with Crippen molar-refractivity contribution in [3.05, 3.63) is 4.77 Å². The Labute approximate surface area is 84.5 Å². The maximum absolute atomic E-state index is 4.64. The van der Waals surface area contributed by atoms with E-state index in [1.807, 2.05) is 0 Å². The summed E-state index contributed by atoms with van der Waals surface area (Å²) in [6.45, 7) is 0. The molecule has 0 amide bonds. The molecule has 0 fully saturated rings. The van der Waals surface area contributed by atoms with Gasteiger partial charge in [-0.15, -0.1) is 0 Å². The van der Waals surface area contributed by atoms with E-state index in [-0.39, 0.29) is 40.5 Å². The average Bonchev–Trinajstić information content (AvgIpc) is 1.91. The molecule has 6 nitrogen and oxygen atoms in total. The van der Waals surface area contributed by atoms with Crippen LogP contribution in [0.1, 0.15) is 0 Å². The van der Waals surface area contributed by atoms with Crippen molar-refractivity contribution in [2.24, 2.45) is 7.05 Å². The van der Waals surface area contributed by atoms with Crippen molar-refractivity contribution < 1.29 is 11.0 Å². The number of hydrogen-bond donors (Lipinski definition) is 1. The number of aryl methyl sites for hydroxylation is 1. The fourth-order valence-corrected chi connectivity index (χ4v) is 0.324. The summed E-state index contributed by atoms with van der Waals surface area (Å²) in [6, 6.07) is 0. The normalized spacial score (nSPS) is 6.50. The first kappa shape index (κ1) is 16.7. The summed E-state index contributed by atoms with van der Waals surface area (Å²) >= 11 is 4.64. The van der Waals surface area contributed by atoms with Gasteiger partial charge in [-0.2, -0.15) is 5.21 Å². The largest absolute Gasteiger partial charge is 0.412 e. The first-order valence-electron chi connectivity index (χ1n) is 1.75. The maximum Gasteiger partial charge on any atom is 0.237 e. The molecule has 1 aromatic rings. The Hall–Kier alpha value is 0.210. The van der Waals surface area contributed by atoms with Crippen LogP contribution < -0.4 is 0 Å². The summed E-state index contributed by atoms with van der Waals surface area (Å²) in [4.78, 5) is 0. The van der Waals surface area contributed by atoms with Gasteiger partial charge in [-0.05, 0) is 12.2 Å². The van der Waals surface area contributed by atoms with Crippen molar-refractivity contribution in [1.82, 2.24) is 20.2 Å². The van der Waals surface area contributed by atoms with Gasteiger partial charge in [-0.1, -0.05) is 10.3 Å². The number of nitrogens with one attached hydrogen (secondary N) is 1.